The van der Waals surface area contributed by atoms with Gasteiger partial charge in [-0.3, -0.25) is 9.69 Å². The standard InChI is InChI=1S/C21H29N3O/c1-21(2,3)19-9-10-20(25)24(22-19)16-18-11-13-23(14-12-18)15-17-7-5-4-6-8-17/h4-10,18H,11-16H2,1-3H3. The second-order valence-corrected chi connectivity index (χ2v) is 8.19. The summed E-state index contributed by atoms with van der Waals surface area (Å²) in [6.45, 7) is 10.3. The largest absolute Gasteiger partial charge is 0.299 e. The van der Waals surface area contributed by atoms with Crippen molar-refractivity contribution in [3.63, 3.8) is 0 Å². The van der Waals surface area contributed by atoms with Crippen LogP contribution in [0.2, 0.25) is 0 Å². The van der Waals surface area contributed by atoms with Crippen molar-refractivity contribution in [2.75, 3.05) is 13.1 Å². The molecule has 0 spiro atoms. The van der Waals surface area contributed by atoms with Gasteiger partial charge in [0, 0.05) is 24.6 Å². The van der Waals surface area contributed by atoms with Crippen LogP contribution in [0.4, 0.5) is 0 Å². The summed E-state index contributed by atoms with van der Waals surface area (Å²) in [5.74, 6) is 0.535. The minimum absolute atomic E-state index is 0.0136. The van der Waals surface area contributed by atoms with E-state index in [0.29, 0.717) is 5.92 Å². The highest BCUT2D eigenvalue weighted by Crippen LogP contribution is 2.21. The van der Waals surface area contributed by atoms with Gasteiger partial charge in [-0.15, -0.1) is 0 Å². The van der Waals surface area contributed by atoms with E-state index < -0.39 is 0 Å². The molecule has 2 aromatic rings. The van der Waals surface area contributed by atoms with E-state index in [-0.39, 0.29) is 11.0 Å². The van der Waals surface area contributed by atoms with Gasteiger partial charge in [-0.1, -0.05) is 51.1 Å². The Hall–Kier alpha value is -1.94. The van der Waals surface area contributed by atoms with Crippen LogP contribution in [0.1, 0.15) is 44.9 Å². The molecule has 0 N–H and O–H groups in total. The molecule has 4 heteroatoms. The molecule has 1 aliphatic rings. The topological polar surface area (TPSA) is 38.1 Å². The highest BCUT2D eigenvalue weighted by Gasteiger charge is 2.22. The molecule has 1 saturated heterocycles. The maximum absolute atomic E-state index is 12.2. The average Bonchev–Trinajstić information content (AvgIpc) is 2.58. The third-order valence-corrected chi connectivity index (χ3v) is 5.02. The minimum atomic E-state index is -0.0332. The Morgan fingerprint density at radius 2 is 1.72 bits per heavy atom. The van der Waals surface area contributed by atoms with Gasteiger partial charge in [0.05, 0.1) is 5.69 Å². The molecule has 0 bridgehead atoms. The van der Waals surface area contributed by atoms with Crippen molar-refractivity contribution in [1.82, 2.24) is 14.7 Å². The number of piperidine rings is 1. The van der Waals surface area contributed by atoms with Gasteiger partial charge in [0.15, 0.2) is 0 Å². The molecule has 2 heterocycles. The van der Waals surface area contributed by atoms with Crippen molar-refractivity contribution >= 4 is 0 Å². The number of aromatic nitrogens is 2. The molecule has 0 aliphatic carbocycles. The molecule has 0 radical (unpaired) electrons. The molecule has 0 unspecified atom stereocenters. The lowest BCUT2D eigenvalue weighted by molar-refractivity contribution is 0.163. The van der Waals surface area contributed by atoms with Crippen molar-refractivity contribution in [3.8, 4) is 0 Å². The van der Waals surface area contributed by atoms with Gasteiger partial charge in [-0.05, 0) is 43.5 Å². The van der Waals surface area contributed by atoms with E-state index in [0.717, 1.165) is 44.7 Å². The second-order valence-electron chi connectivity index (χ2n) is 8.19. The molecule has 134 valence electrons. The summed E-state index contributed by atoms with van der Waals surface area (Å²) in [5.41, 5.74) is 2.33. The van der Waals surface area contributed by atoms with Crippen LogP contribution >= 0.6 is 0 Å². The molecule has 1 fully saturated rings. The van der Waals surface area contributed by atoms with Gasteiger partial charge in [0.25, 0.3) is 5.56 Å². The van der Waals surface area contributed by atoms with Crippen molar-refractivity contribution in [1.29, 1.82) is 0 Å². The number of nitrogens with zero attached hydrogens (tertiary/aromatic N) is 3. The molecule has 3 rings (SSSR count). The van der Waals surface area contributed by atoms with E-state index in [9.17, 15) is 4.79 Å². The fourth-order valence-corrected chi connectivity index (χ4v) is 3.39. The van der Waals surface area contributed by atoms with E-state index in [1.165, 1.54) is 5.56 Å². The molecular weight excluding hydrogens is 310 g/mol. The summed E-state index contributed by atoms with van der Waals surface area (Å²) >= 11 is 0. The third-order valence-electron chi connectivity index (χ3n) is 5.02. The summed E-state index contributed by atoms with van der Waals surface area (Å²) in [7, 11) is 0. The molecule has 0 amide bonds. The van der Waals surface area contributed by atoms with Crippen LogP contribution in [0, 0.1) is 5.92 Å². The van der Waals surface area contributed by atoms with Crippen LogP contribution in [0.15, 0.2) is 47.3 Å². The molecule has 4 nitrogen and oxygen atoms in total. The van der Waals surface area contributed by atoms with Crippen molar-refractivity contribution in [3.05, 3.63) is 64.1 Å². The number of likely N-dealkylation sites (tertiary alicyclic amines) is 1. The quantitative estimate of drug-likeness (QED) is 0.856. The van der Waals surface area contributed by atoms with Crippen LogP contribution in [-0.2, 0) is 18.5 Å². The lowest BCUT2D eigenvalue weighted by atomic mass is 9.92. The third kappa shape index (κ3) is 4.79. The summed E-state index contributed by atoms with van der Waals surface area (Å²) in [4.78, 5) is 14.7. The summed E-state index contributed by atoms with van der Waals surface area (Å²) in [5, 5.41) is 4.61. The molecule has 0 saturated carbocycles. The first-order valence-electron chi connectivity index (χ1n) is 9.27. The smallest absolute Gasteiger partial charge is 0.266 e. The highest BCUT2D eigenvalue weighted by atomic mass is 16.1. The zero-order valence-electron chi connectivity index (χ0n) is 15.6. The predicted molar refractivity (Wildman–Crippen MR) is 102 cm³/mol. The van der Waals surface area contributed by atoms with Crippen LogP contribution in [0.3, 0.4) is 0 Å². The predicted octanol–water partition coefficient (Wildman–Crippen LogP) is 3.45. The Morgan fingerprint density at radius 3 is 2.36 bits per heavy atom. The van der Waals surface area contributed by atoms with Gasteiger partial charge >= 0.3 is 0 Å². The molecule has 1 aliphatic heterocycles. The van der Waals surface area contributed by atoms with E-state index in [1.54, 1.807) is 10.7 Å². The number of benzene rings is 1. The van der Waals surface area contributed by atoms with Crippen LogP contribution in [-0.4, -0.2) is 27.8 Å². The lowest BCUT2D eigenvalue weighted by Crippen LogP contribution is -2.37. The molecule has 25 heavy (non-hydrogen) atoms. The summed E-state index contributed by atoms with van der Waals surface area (Å²) < 4.78 is 1.68. The molecular formula is C21H29N3O. The Labute approximate surface area is 150 Å². The van der Waals surface area contributed by atoms with E-state index >= 15 is 0 Å². The minimum Gasteiger partial charge on any atom is -0.299 e. The van der Waals surface area contributed by atoms with E-state index in [2.05, 4.69) is 61.1 Å². The maximum Gasteiger partial charge on any atom is 0.266 e. The van der Waals surface area contributed by atoms with Gasteiger partial charge in [-0.2, -0.15) is 5.10 Å². The normalized spacial score (nSPS) is 16.9. The average molecular weight is 339 g/mol. The fraction of sp³-hybridized carbons (Fsp3) is 0.524. The number of rotatable bonds is 4. The number of hydrogen-bond acceptors (Lipinski definition) is 3. The Morgan fingerprint density at radius 1 is 1.04 bits per heavy atom. The monoisotopic (exact) mass is 339 g/mol. The zero-order chi connectivity index (χ0) is 17.9. The lowest BCUT2D eigenvalue weighted by Gasteiger charge is -2.32. The van der Waals surface area contributed by atoms with Crippen molar-refractivity contribution < 1.29 is 0 Å². The summed E-state index contributed by atoms with van der Waals surface area (Å²) in [6, 6.07) is 14.2. The first-order valence-corrected chi connectivity index (χ1v) is 9.27. The number of hydrogen-bond donors (Lipinski definition) is 0. The Balaban J connectivity index is 1.58. The fourth-order valence-electron chi connectivity index (χ4n) is 3.39. The van der Waals surface area contributed by atoms with Crippen LogP contribution < -0.4 is 5.56 Å². The van der Waals surface area contributed by atoms with Gasteiger partial charge in [0.2, 0.25) is 0 Å². The first-order chi connectivity index (χ1) is 11.9. The van der Waals surface area contributed by atoms with Gasteiger partial charge in [-0.25, -0.2) is 4.68 Å². The highest BCUT2D eigenvalue weighted by molar-refractivity contribution is 5.14. The molecule has 0 atom stereocenters. The summed E-state index contributed by atoms with van der Waals surface area (Å²) in [6.07, 6.45) is 2.25. The van der Waals surface area contributed by atoms with Gasteiger partial charge < -0.3 is 0 Å². The van der Waals surface area contributed by atoms with Crippen LogP contribution in [0.25, 0.3) is 0 Å². The molecule has 1 aromatic carbocycles. The van der Waals surface area contributed by atoms with Crippen LogP contribution in [0.5, 0.6) is 0 Å². The Bertz CT molecular complexity index is 738. The Kier molecular flexibility index (Phi) is 5.38. The zero-order valence-corrected chi connectivity index (χ0v) is 15.6. The second kappa shape index (κ2) is 7.52. The van der Waals surface area contributed by atoms with E-state index in [4.69, 9.17) is 0 Å². The first kappa shape index (κ1) is 17.9. The van der Waals surface area contributed by atoms with E-state index in [1.807, 2.05) is 6.07 Å². The maximum atomic E-state index is 12.2. The van der Waals surface area contributed by atoms with Crippen molar-refractivity contribution in [2.45, 2.75) is 52.1 Å². The molecule has 1 aromatic heterocycles. The van der Waals surface area contributed by atoms with Crippen molar-refractivity contribution in [2.24, 2.45) is 5.92 Å². The van der Waals surface area contributed by atoms with Gasteiger partial charge in [0.1, 0.15) is 0 Å². The SMILES string of the molecule is CC(C)(C)c1ccc(=O)n(CC2CCN(Cc3ccccc3)CC2)n1.